The van der Waals surface area contributed by atoms with Crippen LogP contribution in [0.3, 0.4) is 0 Å². The molecule has 0 saturated carbocycles. The van der Waals surface area contributed by atoms with Crippen LogP contribution in [0.5, 0.6) is 0 Å². The van der Waals surface area contributed by atoms with Gasteiger partial charge in [0.15, 0.2) is 5.78 Å². The molecule has 2 N–H and O–H groups in total. The topological polar surface area (TPSA) is 52.3 Å². The summed E-state index contributed by atoms with van der Waals surface area (Å²) in [6.45, 7) is 2.11. The lowest BCUT2D eigenvalue weighted by Gasteiger charge is -1.96. The molecule has 0 aliphatic heterocycles. The number of hydrogen-bond acceptors (Lipinski definition) is 3. The van der Waals surface area contributed by atoms with Gasteiger partial charge in [-0.05, 0) is 13.0 Å². The fourth-order valence-corrected chi connectivity index (χ4v) is 0.412. The summed E-state index contributed by atoms with van der Waals surface area (Å²) in [6.07, 6.45) is 3.08. The summed E-state index contributed by atoms with van der Waals surface area (Å²) in [4.78, 5) is 10.8. The third kappa shape index (κ3) is 4.23. The van der Waals surface area contributed by atoms with Gasteiger partial charge in [0.2, 0.25) is 0 Å². The maximum absolute atomic E-state index is 10.8. The first-order chi connectivity index (χ1) is 4.68. The highest BCUT2D eigenvalue weighted by atomic mass is 16.5. The second-order valence-corrected chi connectivity index (χ2v) is 2.05. The van der Waals surface area contributed by atoms with Crippen LogP contribution in [0.4, 0.5) is 0 Å². The first-order valence-corrected chi connectivity index (χ1v) is 3.13. The summed E-state index contributed by atoms with van der Waals surface area (Å²) >= 11 is 0. The molecule has 0 fully saturated rings. The Balaban J connectivity index is 3.56. The molecule has 0 heterocycles. The fraction of sp³-hybridized carbons (Fsp3) is 0.571. The van der Waals surface area contributed by atoms with Crippen molar-refractivity contribution < 1.29 is 9.53 Å². The monoisotopic (exact) mass is 143 g/mol. The van der Waals surface area contributed by atoms with E-state index in [-0.39, 0.29) is 5.78 Å². The molecule has 0 radical (unpaired) electrons. The van der Waals surface area contributed by atoms with E-state index in [2.05, 4.69) is 0 Å². The van der Waals surface area contributed by atoms with Crippen LogP contribution in [0.1, 0.15) is 6.92 Å². The van der Waals surface area contributed by atoms with Crippen LogP contribution < -0.4 is 5.73 Å². The van der Waals surface area contributed by atoms with Gasteiger partial charge in [0, 0.05) is 7.11 Å². The Kier molecular flexibility index (Phi) is 4.80. The Hall–Kier alpha value is -0.670. The molecule has 10 heavy (non-hydrogen) atoms. The van der Waals surface area contributed by atoms with Crippen LogP contribution in [-0.2, 0) is 9.53 Å². The number of ether oxygens (including phenoxy) is 1. The van der Waals surface area contributed by atoms with Gasteiger partial charge < -0.3 is 10.5 Å². The molecule has 1 atom stereocenters. The largest absolute Gasteiger partial charge is 0.381 e. The van der Waals surface area contributed by atoms with Crippen molar-refractivity contribution in [3.8, 4) is 0 Å². The van der Waals surface area contributed by atoms with Crippen molar-refractivity contribution in [1.29, 1.82) is 0 Å². The molecule has 0 bridgehead atoms. The van der Waals surface area contributed by atoms with Crippen molar-refractivity contribution in [3.63, 3.8) is 0 Å². The summed E-state index contributed by atoms with van der Waals surface area (Å²) < 4.78 is 4.69. The highest BCUT2D eigenvalue weighted by Crippen LogP contribution is 1.82. The predicted molar refractivity (Wildman–Crippen MR) is 39.7 cm³/mol. The molecule has 3 nitrogen and oxygen atoms in total. The summed E-state index contributed by atoms with van der Waals surface area (Å²) in [5, 5.41) is 0. The summed E-state index contributed by atoms with van der Waals surface area (Å²) in [5.74, 6) is -0.0722. The van der Waals surface area contributed by atoms with E-state index in [1.807, 2.05) is 0 Å². The third-order valence-corrected chi connectivity index (χ3v) is 0.994. The van der Waals surface area contributed by atoms with Crippen LogP contribution >= 0.6 is 0 Å². The zero-order chi connectivity index (χ0) is 7.98. The number of carbonyl (C=O) groups excluding carboxylic acids is 1. The zero-order valence-electron chi connectivity index (χ0n) is 6.33. The lowest BCUT2D eigenvalue weighted by Crippen LogP contribution is -2.24. The molecule has 0 aliphatic carbocycles. The van der Waals surface area contributed by atoms with Crippen molar-refractivity contribution in [2.24, 2.45) is 5.73 Å². The Morgan fingerprint density at radius 3 is 2.80 bits per heavy atom. The van der Waals surface area contributed by atoms with E-state index in [1.165, 1.54) is 6.08 Å². The Morgan fingerprint density at radius 2 is 2.40 bits per heavy atom. The standard InChI is InChI=1S/C7H13NO2/c1-6(8)7(9)4-3-5-10-2/h3-4,6H,5,8H2,1-2H3/b4-3+. The minimum absolute atomic E-state index is 0.0722. The van der Waals surface area contributed by atoms with E-state index in [9.17, 15) is 4.79 Å². The molecule has 0 rings (SSSR count). The van der Waals surface area contributed by atoms with Gasteiger partial charge in [0.05, 0.1) is 12.6 Å². The molecule has 0 aliphatic rings. The molecule has 0 aromatic rings. The van der Waals surface area contributed by atoms with Crippen LogP contribution in [0.15, 0.2) is 12.2 Å². The minimum atomic E-state index is -0.409. The van der Waals surface area contributed by atoms with E-state index in [1.54, 1.807) is 20.1 Å². The van der Waals surface area contributed by atoms with Crippen LogP contribution in [-0.4, -0.2) is 25.5 Å². The van der Waals surface area contributed by atoms with Gasteiger partial charge in [-0.25, -0.2) is 0 Å². The molecule has 58 valence electrons. The summed E-state index contributed by atoms with van der Waals surface area (Å²) in [5.41, 5.74) is 5.28. The van der Waals surface area contributed by atoms with Gasteiger partial charge in [-0.1, -0.05) is 6.08 Å². The summed E-state index contributed by atoms with van der Waals surface area (Å²) in [7, 11) is 1.57. The average Bonchev–Trinajstić information content (AvgIpc) is 1.88. The van der Waals surface area contributed by atoms with E-state index < -0.39 is 6.04 Å². The molecule has 3 heteroatoms. The van der Waals surface area contributed by atoms with E-state index in [4.69, 9.17) is 10.5 Å². The number of methoxy groups -OCH3 is 1. The van der Waals surface area contributed by atoms with E-state index >= 15 is 0 Å². The molecule has 0 aromatic heterocycles. The maximum atomic E-state index is 10.8. The third-order valence-electron chi connectivity index (χ3n) is 0.994. The van der Waals surface area contributed by atoms with Crippen molar-refractivity contribution in [1.82, 2.24) is 0 Å². The smallest absolute Gasteiger partial charge is 0.171 e. The van der Waals surface area contributed by atoms with Crippen molar-refractivity contribution in [3.05, 3.63) is 12.2 Å². The maximum Gasteiger partial charge on any atom is 0.171 e. The molecule has 0 spiro atoms. The molecule has 0 aromatic carbocycles. The molecular formula is C7H13NO2. The minimum Gasteiger partial charge on any atom is -0.381 e. The SMILES string of the molecule is COC/C=C/C(=O)C(C)N. The van der Waals surface area contributed by atoms with Crippen LogP contribution in [0, 0.1) is 0 Å². The number of carbonyl (C=O) groups is 1. The summed E-state index contributed by atoms with van der Waals surface area (Å²) in [6, 6.07) is -0.409. The van der Waals surface area contributed by atoms with Gasteiger partial charge in [0.1, 0.15) is 0 Å². The van der Waals surface area contributed by atoms with Gasteiger partial charge in [-0.3, -0.25) is 4.79 Å². The van der Waals surface area contributed by atoms with Crippen LogP contribution in [0.2, 0.25) is 0 Å². The molecular weight excluding hydrogens is 130 g/mol. The van der Waals surface area contributed by atoms with E-state index in [0.717, 1.165) is 0 Å². The number of ketones is 1. The van der Waals surface area contributed by atoms with Gasteiger partial charge in [0.25, 0.3) is 0 Å². The molecule has 1 unspecified atom stereocenters. The lowest BCUT2D eigenvalue weighted by molar-refractivity contribution is -0.115. The number of nitrogens with two attached hydrogens (primary N) is 1. The van der Waals surface area contributed by atoms with Crippen molar-refractivity contribution in [2.75, 3.05) is 13.7 Å². The molecule has 0 amide bonds. The van der Waals surface area contributed by atoms with Crippen molar-refractivity contribution >= 4 is 5.78 Å². The second-order valence-electron chi connectivity index (χ2n) is 2.05. The fourth-order valence-electron chi connectivity index (χ4n) is 0.412. The van der Waals surface area contributed by atoms with Gasteiger partial charge >= 0.3 is 0 Å². The molecule has 0 saturated heterocycles. The Labute approximate surface area is 60.9 Å². The highest BCUT2D eigenvalue weighted by molar-refractivity contribution is 5.93. The normalized spacial score (nSPS) is 13.9. The van der Waals surface area contributed by atoms with E-state index in [0.29, 0.717) is 6.61 Å². The number of rotatable bonds is 4. The average molecular weight is 143 g/mol. The van der Waals surface area contributed by atoms with Gasteiger partial charge in [-0.2, -0.15) is 0 Å². The van der Waals surface area contributed by atoms with Crippen molar-refractivity contribution in [2.45, 2.75) is 13.0 Å². The Bertz CT molecular complexity index is 130. The van der Waals surface area contributed by atoms with Crippen LogP contribution in [0.25, 0.3) is 0 Å². The highest BCUT2D eigenvalue weighted by Gasteiger charge is 2.00. The Morgan fingerprint density at radius 1 is 1.80 bits per heavy atom. The first kappa shape index (κ1) is 9.33. The first-order valence-electron chi connectivity index (χ1n) is 3.13. The van der Waals surface area contributed by atoms with Gasteiger partial charge in [-0.15, -0.1) is 0 Å². The predicted octanol–water partition coefficient (Wildman–Crippen LogP) is 0.105. The quantitative estimate of drug-likeness (QED) is 0.568. The number of hydrogen-bond donors (Lipinski definition) is 1. The zero-order valence-corrected chi connectivity index (χ0v) is 6.33. The lowest BCUT2D eigenvalue weighted by atomic mass is 10.2. The second kappa shape index (κ2) is 5.14.